The van der Waals surface area contributed by atoms with Crippen LogP contribution in [0.25, 0.3) is 0 Å². The molecule has 0 atom stereocenters. The number of nitrogens with two attached hydrogens (primary N) is 1. The molecule has 1 saturated heterocycles. The summed E-state index contributed by atoms with van der Waals surface area (Å²) >= 11 is 0. The van der Waals surface area contributed by atoms with E-state index >= 15 is 0 Å². The second kappa shape index (κ2) is 5.63. The van der Waals surface area contributed by atoms with Crippen molar-refractivity contribution in [3.05, 3.63) is 18.1 Å². The molecule has 0 aromatic carbocycles. The number of oxime groups is 1. The summed E-state index contributed by atoms with van der Waals surface area (Å²) in [6.07, 6.45) is 4.22. The summed E-state index contributed by atoms with van der Waals surface area (Å²) in [5.41, 5.74) is 6.06. The summed E-state index contributed by atoms with van der Waals surface area (Å²) in [6.45, 7) is 3.79. The van der Waals surface area contributed by atoms with E-state index in [9.17, 15) is 0 Å². The smallest absolute Gasteiger partial charge is 0.192 e. The summed E-state index contributed by atoms with van der Waals surface area (Å²) in [4.78, 5) is 12.9. The quantitative estimate of drug-likeness (QED) is 0.324. The molecule has 1 fully saturated rings. The molecule has 2 rings (SSSR count). The highest BCUT2D eigenvalue weighted by atomic mass is 16.4. The Balaban J connectivity index is 2.27. The van der Waals surface area contributed by atoms with Gasteiger partial charge in [-0.1, -0.05) is 5.16 Å². The number of hydrogen-bond acceptors (Lipinski definition) is 6. The molecule has 0 unspecified atom stereocenters. The van der Waals surface area contributed by atoms with Gasteiger partial charge in [-0.3, -0.25) is 0 Å². The second-order valence-electron chi connectivity index (χ2n) is 4.36. The highest BCUT2D eigenvalue weighted by Crippen LogP contribution is 2.16. The number of rotatable bonds is 2. The number of aromatic nitrogens is 2. The summed E-state index contributed by atoms with van der Waals surface area (Å²) in [5.74, 6) is 0.679. The molecular weight excluding hydrogens is 232 g/mol. The molecule has 3 N–H and O–H groups in total. The normalized spacial score (nSPS) is 18.7. The average molecular weight is 250 g/mol. The first-order valence-electron chi connectivity index (χ1n) is 5.94. The predicted molar refractivity (Wildman–Crippen MR) is 68.9 cm³/mol. The molecule has 7 heteroatoms. The van der Waals surface area contributed by atoms with Crippen LogP contribution in [0.3, 0.4) is 0 Å². The van der Waals surface area contributed by atoms with Crippen LogP contribution in [0, 0.1) is 0 Å². The third-order valence-electron chi connectivity index (χ3n) is 3.05. The van der Waals surface area contributed by atoms with E-state index in [1.807, 2.05) is 0 Å². The van der Waals surface area contributed by atoms with Crippen LogP contribution in [0.5, 0.6) is 0 Å². The molecular formula is C11H18N6O. The molecule has 0 amide bonds. The minimum atomic E-state index is -0.00398. The van der Waals surface area contributed by atoms with Gasteiger partial charge in [0, 0.05) is 32.0 Å². The van der Waals surface area contributed by atoms with Crippen molar-refractivity contribution >= 4 is 11.7 Å². The standard InChI is InChI=1S/C11H18N6O/c1-16-5-2-6-17(8-7-16)11-9(10(12)15-18)13-3-4-14-11/h3-4,18H,2,5-8H2,1H3,(H2,12,15). The first-order chi connectivity index (χ1) is 8.72. The van der Waals surface area contributed by atoms with Gasteiger partial charge in [-0.25, -0.2) is 9.97 Å². The van der Waals surface area contributed by atoms with Crippen LogP contribution in [0.15, 0.2) is 17.5 Å². The van der Waals surface area contributed by atoms with E-state index in [4.69, 9.17) is 10.9 Å². The van der Waals surface area contributed by atoms with Gasteiger partial charge in [0.15, 0.2) is 17.3 Å². The van der Waals surface area contributed by atoms with Crippen LogP contribution >= 0.6 is 0 Å². The maximum atomic E-state index is 8.78. The molecule has 0 aliphatic carbocycles. The van der Waals surface area contributed by atoms with E-state index in [2.05, 4.69) is 32.0 Å². The Morgan fingerprint density at radius 2 is 2.06 bits per heavy atom. The SMILES string of the molecule is CN1CCCN(c2nccnc2C(N)=NO)CC1. The van der Waals surface area contributed by atoms with Gasteiger partial charge in [0.2, 0.25) is 0 Å². The molecule has 18 heavy (non-hydrogen) atoms. The average Bonchev–Trinajstić information content (AvgIpc) is 2.62. The predicted octanol–water partition coefficient (Wildman–Crippen LogP) is -0.287. The molecule has 1 aromatic rings. The monoisotopic (exact) mass is 250 g/mol. The number of anilines is 1. The Hall–Kier alpha value is -1.89. The topological polar surface area (TPSA) is 90.9 Å². The lowest BCUT2D eigenvalue weighted by atomic mass is 10.3. The third kappa shape index (κ3) is 2.67. The number of likely N-dealkylation sites (N-methyl/N-ethyl adjacent to an activating group) is 1. The summed E-state index contributed by atoms with van der Waals surface area (Å²) in [6, 6.07) is 0. The first-order valence-corrected chi connectivity index (χ1v) is 5.94. The number of amidine groups is 1. The highest BCUT2D eigenvalue weighted by molar-refractivity contribution is 5.99. The third-order valence-corrected chi connectivity index (χ3v) is 3.05. The molecule has 7 nitrogen and oxygen atoms in total. The van der Waals surface area contributed by atoms with E-state index in [1.165, 1.54) is 0 Å². The van der Waals surface area contributed by atoms with Gasteiger partial charge in [-0.15, -0.1) is 0 Å². The first kappa shape index (κ1) is 12.6. The summed E-state index contributed by atoms with van der Waals surface area (Å²) in [7, 11) is 2.10. The van der Waals surface area contributed by atoms with Crippen molar-refractivity contribution in [3.63, 3.8) is 0 Å². The van der Waals surface area contributed by atoms with Gasteiger partial charge >= 0.3 is 0 Å². The fourth-order valence-electron chi connectivity index (χ4n) is 2.05. The Kier molecular flexibility index (Phi) is 3.93. The van der Waals surface area contributed by atoms with E-state index in [0.29, 0.717) is 11.5 Å². The molecule has 0 saturated carbocycles. The van der Waals surface area contributed by atoms with Crippen molar-refractivity contribution in [3.8, 4) is 0 Å². The van der Waals surface area contributed by atoms with Crippen molar-refractivity contribution in [1.82, 2.24) is 14.9 Å². The lowest BCUT2D eigenvalue weighted by molar-refractivity contribution is 0.318. The zero-order valence-electron chi connectivity index (χ0n) is 10.5. The minimum Gasteiger partial charge on any atom is -0.409 e. The molecule has 2 heterocycles. The van der Waals surface area contributed by atoms with Crippen molar-refractivity contribution in [2.45, 2.75) is 6.42 Å². The molecule has 0 spiro atoms. The van der Waals surface area contributed by atoms with Crippen LogP contribution < -0.4 is 10.6 Å². The summed E-state index contributed by atoms with van der Waals surface area (Å²) < 4.78 is 0. The van der Waals surface area contributed by atoms with Crippen LogP contribution in [-0.2, 0) is 0 Å². The minimum absolute atomic E-state index is 0.00398. The van der Waals surface area contributed by atoms with Gasteiger partial charge in [0.25, 0.3) is 0 Å². The second-order valence-corrected chi connectivity index (χ2v) is 4.36. The van der Waals surface area contributed by atoms with Crippen LogP contribution in [0.2, 0.25) is 0 Å². The van der Waals surface area contributed by atoms with Crippen molar-refractivity contribution in [1.29, 1.82) is 0 Å². The maximum absolute atomic E-state index is 8.78. The van der Waals surface area contributed by atoms with Crippen molar-refractivity contribution in [2.24, 2.45) is 10.9 Å². The number of nitrogens with zero attached hydrogens (tertiary/aromatic N) is 5. The van der Waals surface area contributed by atoms with E-state index < -0.39 is 0 Å². The Bertz CT molecular complexity index is 435. The molecule has 0 bridgehead atoms. The largest absolute Gasteiger partial charge is 0.409 e. The Labute approximate surface area is 106 Å². The summed E-state index contributed by atoms with van der Waals surface area (Å²) in [5, 5.41) is 11.8. The number of hydrogen-bond donors (Lipinski definition) is 2. The van der Waals surface area contributed by atoms with Crippen molar-refractivity contribution in [2.75, 3.05) is 38.1 Å². The lowest BCUT2D eigenvalue weighted by Gasteiger charge is -2.22. The fourth-order valence-corrected chi connectivity index (χ4v) is 2.05. The Morgan fingerprint density at radius 3 is 2.83 bits per heavy atom. The van der Waals surface area contributed by atoms with Gasteiger partial charge < -0.3 is 20.7 Å². The van der Waals surface area contributed by atoms with Gasteiger partial charge in [0.05, 0.1) is 0 Å². The van der Waals surface area contributed by atoms with E-state index in [0.717, 1.165) is 32.6 Å². The van der Waals surface area contributed by atoms with Gasteiger partial charge in [-0.05, 0) is 20.0 Å². The van der Waals surface area contributed by atoms with E-state index in [1.54, 1.807) is 12.4 Å². The van der Waals surface area contributed by atoms with Gasteiger partial charge in [-0.2, -0.15) is 0 Å². The molecule has 1 aliphatic heterocycles. The van der Waals surface area contributed by atoms with Crippen molar-refractivity contribution < 1.29 is 5.21 Å². The highest BCUT2D eigenvalue weighted by Gasteiger charge is 2.19. The van der Waals surface area contributed by atoms with Crippen LogP contribution in [0.4, 0.5) is 5.82 Å². The fraction of sp³-hybridized carbons (Fsp3) is 0.545. The Morgan fingerprint density at radius 1 is 1.28 bits per heavy atom. The lowest BCUT2D eigenvalue weighted by Crippen LogP contribution is -2.32. The maximum Gasteiger partial charge on any atom is 0.192 e. The molecule has 1 aliphatic rings. The molecule has 98 valence electrons. The van der Waals surface area contributed by atoms with Crippen LogP contribution in [-0.4, -0.2) is 59.1 Å². The van der Waals surface area contributed by atoms with E-state index in [-0.39, 0.29) is 5.84 Å². The zero-order chi connectivity index (χ0) is 13.0. The molecule has 0 radical (unpaired) electrons. The van der Waals surface area contributed by atoms with Crippen LogP contribution in [0.1, 0.15) is 12.1 Å². The molecule has 1 aromatic heterocycles. The zero-order valence-corrected chi connectivity index (χ0v) is 10.5. The van der Waals surface area contributed by atoms with Gasteiger partial charge in [0.1, 0.15) is 0 Å².